The molecule has 2 atom stereocenters. The van der Waals surface area contributed by atoms with Crippen molar-refractivity contribution in [2.45, 2.75) is 64.3 Å². The summed E-state index contributed by atoms with van der Waals surface area (Å²) in [6.07, 6.45) is 8.06. The quantitative estimate of drug-likeness (QED) is 0.827. The van der Waals surface area contributed by atoms with Gasteiger partial charge >= 0.3 is 0 Å². The molecule has 2 saturated carbocycles. The number of rotatable bonds is 5. The van der Waals surface area contributed by atoms with Crippen molar-refractivity contribution in [3.63, 3.8) is 0 Å². The van der Waals surface area contributed by atoms with Crippen LogP contribution in [0.1, 0.15) is 68.5 Å². The molecule has 152 valence electrons. The van der Waals surface area contributed by atoms with E-state index < -0.39 is 0 Å². The first-order valence-electron chi connectivity index (χ1n) is 10.9. The highest BCUT2D eigenvalue weighted by atomic mass is 19.1. The Kier molecular flexibility index (Phi) is 5.70. The van der Waals surface area contributed by atoms with Crippen LogP contribution in [0.5, 0.6) is 0 Å². The molecule has 4 nitrogen and oxygen atoms in total. The molecule has 1 saturated heterocycles. The number of carbonyl (C=O) groups is 2. The first kappa shape index (κ1) is 19.4. The van der Waals surface area contributed by atoms with Gasteiger partial charge in [-0.3, -0.25) is 9.59 Å². The topological polar surface area (TPSA) is 49.4 Å². The lowest BCUT2D eigenvalue weighted by atomic mass is 9.86. The number of halogens is 1. The van der Waals surface area contributed by atoms with E-state index in [4.69, 9.17) is 0 Å². The smallest absolute Gasteiger partial charge is 0.226 e. The second-order valence-corrected chi connectivity index (χ2v) is 8.96. The van der Waals surface area contributed by atoms with Crippen LogP contribution in [-0.4, -0.2) is 29.8 Å². The van der Waals surface area contributed by atoms with Crippen LogP contribution in [0.2, 0.25) is 0 Å². The third-order valence-electron chi connectivity index (χ3n) is 6.77. The maximum atomic E-state index is 13.8. The zero-order valence-corrected chi connectivity index (χ0v) is 16.8. The predicted octanol–water partition coefficient (Wildman–Crippen LogP) is 4.13. The van der Waals surface area contributed by atoms with Crippen LogP contribution in [0.15, 0.2) is 18.2 Å². The third kappa shape index (κ3) is 4.23. The zero-order valence-electron chi connectivity index (χ0n) is 16.8. The second kappa shape index (κ2) is 8.22. The standard InChI is InChI=1S/C23H31FN2O2/c1-15-12-18(8-10-20(15)24)21-11-9-19(22(27)25-13-16-6-7-16)14-26(21)23(28)17-4-2-3-5-17/h8,10,12,16-17,19,21H,2-7,9,11,13-14H2,1H3,(H,25,27)/t19-,21+/m1/s1. The van der Waals surface area contributed by atoms with Gasteiger partial charge in [0.2, 0.25) is 11.8 Å². The Morgan fingerprint density at radius 1 is 1.07 bits per heavy atom. The normalized spacial score (nSPS) is 25.7. The number of aryl methyl sites for hydroxylation is 1. The van der Waals surface area contributed by atoms with Gasteiger partial charge in [-0.15, -0.1) is 0 Å². The van der Waals surface area contributed by atoms with E-state index in [0.717, 1.165) is 50.6 Å². The average Bonchev–Trinajstić information content (AvgIpc) is 3.38. The Labute approximate surface area is 166 Å². The summed E-state index contributed by atoms with van der Waals surface area (Å²) < 4.78 is 13.8. The molecule has 1 aliphatic heterocycles. The molecule has 28 heavy (non-hydrogen) atoms. The second-order valence-electron chi connectivity index (χ2n) is 8.96. The van der Waals surface area contributed by atoms with Crippen molar-refractivity contribution in [1.82, 2.24) is 10.2 Å². The van der Waals surface area contributed by atoms with E-state index in [1.807, 2.05) is 11.0 Å². The molecule has 1 N–H and O–H groups in total. The Hall–Kier alpha value is -1.91. The van der Waals surface area contributed by atoms with Gasteiger partial charge < -0.3 is 10.2 Å². The summed E-state index contributed by atoms with van der Waals surface area (Å²) in [5, 5.41) is 3.09. The van der Waals surface area contributed by atoms with Gasteiger partial charge in [0.15, 0.2) is 0 Å². The molecule has 2 aliphatic carbocycles. The van der Waals surface area contributed by atoms with Crippen molar-refractivity contribution in [3.8, 4) is 0 Å². The first-order chi connectivity index (χ1) is 13.5. The lowest BCUT2D eigenvalue weighted by Gasteiger charge is -2.41. The van der Waals surface area contributed by atoms with Crippen LogP contribution in [-0.2, 0) is 9.59 Å². The van der Waals surface area contributed by atoms with Gasteiger partial charge in [0.1, 0.15) is 5.82 Å². The molecule has 5 heteroatoms. The number of benzene rings is 1. The molecule has 0 spiro atoms. The molecular weight excluding hydrogens is 355 g/mol. The zero-order chi connectivity index (χ0) is 19.7. The minimum atomic E-state index is -0.217. The van der Waals surface area contributed by atoms with Crippen LogP contribution in [0, 0.1) is 30.5 Å². The molecule has 3 fully saturated rings. The summed E-state index contributed by atoms with van der Waals surface area (Å²) in [7, 11) is 0. The fourth-order valence-corrected chi connectivity index (χ4v) is 4.77. The van der Waals surface area contributed by atoms with Gasteiger partial charge in [-0.05, 0) is 68.6 Å². The van der Waals surface area contributed by atoms with Crippen LogP contribution >= 0.6 is 0 Å². The molecule has 1 aromatic rings. The number of hydrogen-bond donors (Lipinski definition) is 1. The van der Waals surface area contributed by atoms with Gasteiger partial charge in [0, 0.05) is 19.0 Å². The van der Waals surface area contributed by atoms with Crippen LogP contribution < -0.4 is 5.32 Å². The van der Waals surface area contributed by atoms with Gasteiger partial charge in [-0.2, -0.15) is 0 Å². The van der Waals surface area contributed by atoms with Crippen molar-refractivity contribution in [2.24, 2.45) is 17.8 Å². The van der Waals surface area contributed by atoms with E-state index in [9.17, 15) is 14.0 Å². The van der Waals surface area contributed by atoms with E-state index >= 15 is 0 Å². The van der Waals surface area contributed by atoms with Crippen molar-refractivity contribution >= 4 is 11.8 Å². The Morgan fingerprint density at radius 2 is 1.82 bits per heavy atom. The Morgan fingerprint density at radius 3 is 2.50 bits per heavy atom. The maximum absolute atomic E-state index is 13.8. The van der Waals surface area contributed by atoms with E-state index in [1.54, 1.807) is 13.0 Å². The minimum absolute atomic E-state index is 0.0557. The lowest BCUT2D eigenvalue weighted by Crippen LogP contribution is -2.48. The van der Waals surface area contributed by atoms with Gasteiger partial charge in [-0.25, -0.2) is 4.39 Å². The monoisotopic (exact) mass is 386 g/mol. The number of amides is 2. The van der Waals surface area contributed by atoms with Crippen LogP contribution in [0.3, 0.4) is 0 Å². The number of likely N-dealkylation sites (tertiary alicyclic amines) is 1. The van der Waals surface area contributed by atoms with Gasteiger partial charge in [-0.1, -0.05) is 25.0 Å². The highest BCUT2D eigenvalue weighted by Gasteiger charge is 2.39. The van der Waals surface area contributed by atoms with E-state index in [1.165, 1.54) is 18.9 Å². The van der Waals surface area contributed by atoms with Gasteiger partial charge in [0.25, 0.3) is 0 Å². The number of piperidine rings is 1. The largest absolute Gasteiger partial charge is 0.356 e. The molecule has 0 bridgehead atoms. The lowest BCUT2D eigenvalue weighted by molar-refractivity contribution is -0.142. The van der Waals surface area contributed by atoms with Crippen molar-refractivity contribution < 1.29 is 14.0 Å². The van der Waals surface area contributed by atoms with E-state index in [2.05, 4.69) is 5.32 Å². The van der Waals surface area contributed by atoms with Crippen molar-refractivity contribution in [3.05, 3.63) is 35.1 Å². The fraction of sp³-hybridized carbons (Fsp3) is 0.652. The summed E-state index contributed by atoms with van der Waals surface area (Å²) >= 11 is 0. The van der Waals surface area contributed by atoms with Crippen LogP contribution in [0.25, 0.3) is 0 Å². The summed E-state index contributed by atoms with van der Waals surface area (Å²) in [5.41, 5.74) is 1.59. The highest BCUT2D eigenvalue weighted by molar-refractivity contribution is 5.83. The summed E-state index contributed by atoms with van der Waals surface area (Å²) in [6, 6.07) is 5.11. The summed E-state index contributed by atoms with van der Waals surface area (Å²) in [6.45, 7) is 3.01. The molecule has 0 unspecified atom stereocenters. The van der Waals surface area contributed by atoms with Crippen molar-refractivity contribution in [1.29, 1.82) is 0 Å². The highest BCUT2D eigenvalue weighted by Crippen LogP contribution is 2.38. The Bertz CT molecular complexity index is 740. The number of nitrogens with zero attached hydrogens (tertiary/aromatic N) is 1. The molecule has 0 radical (unpaired) electrons. The first-order valence-corrected chi connectivity index (χ1v) is 10.9. The number of hydrogen-bond acceptors (Lipinski definition) is 2. The molecule has 0 aromatic heterocycles. The molecule has 1 heterocycles. The maximum Gasteiger partial charge on any atom is 0.226 e. The summed E-state index contributed by atoms with van der Waals surface area (Å²) in [4.78, 5) is 27.9. The number of nitrogens with one attached hydrogen (secondary N) is 1. The molecular formula is C23H31FN2O2. The molecule has 2 amide bonds. The average molecular weight is 387 g/mol. The fourth-order valence-electron chi connectivity index (χ4n) is 4.77. The molecule has 3 aliphatic rings. The SMILES string of the molecule is Cc1cc([C@@H]2CC[C@@H](C(=O)NCC3CC3)CN2C(=O)C2CCCC2)ccc1F. The van der Waals surface area contributed by atoms with E-state index in [0.29, 0.717) is 18.0 Å². The third-order valence-corrected chi connectivity index (χ3v) is 6.77. The predicted molar refractivity (Wildman–Crippen MR) is 106 cm³/mol. The van der Waals surface area contributed by atoms with Gasteiger partial charge in [0.05, 0.1) is 12.0 Å². The van der Waals surface area contributed by atoms with E-state index in [-0.39, 0.29) is 35.5 Å². The van der Waals surface area contributed by atoms with Crippen LogP contribution in [0.4, 0.5) is 4.39 Å². The van der Waals surface area contributed by atoms with Crippen molar-refractivity contribution in [2.75, 3.05) is 13.1 Å². The Balaban J connectivity index is 1.52. The molecule has 4 rings (SSSR count). The number of carbonyl (C=O) groups excluding carboxylic acids is 2. The minimum Gasteiger partial charge on any atom is -0.356 e. The summed E-state index contributed by atoms with van der Waals surface area (Å²) in [5.74, 6) is 0.650. The molecule has 1 aromatic carbocycles.